The minimum absolute atomic E-state index is 0.180. The van der Waals surface area contributed by atoms with Crippen LogP contribution in [0.3, 0.4) is 0 Å². The number of nitrogen functional groups attached to an aromatic ring is 1. The molecule has 4 nitrogen and oxygen atoms in total. The lowest BCUT2D eigenvalue weighted by molar-refractivity contribution is 0.916. The largest absolute Gasteiger partial charge is 0.335 e. The van der Waals surface area contributed by atoms with Crippen LogP contribution < -0.4 is 11.4 Å². The van der Waals surface area contributed by atoms with Gasteiger partial charge in [-0.2, -0.15) is 0 Å². The molecule has 0 aromatic carbocycles. The zero-order valence-corrected chi connectivity index (χ0v) is 7.97. The van der Waals surface area contributed by atoms with E-state index in [0.29, 0.717) is 5.39 Å². The third-order valence-corrected chi connectivity index (χ3v) is 3.06. The number of aryl methyl sites for hydroxylation is 1. The Kier molecular flexibility index (Phi) is 1.81. The third kappa shape index (κ3) is 1.21. The van der Waals surface area contributed by atoms with E-state index in [1.54, 1.807) is 11.3 Å². The van der Waals surface area contributed by atoms with Crippen LogP contribution in [0.2, 0.25) is 0 Å². The van der Waals surface area contributed by atoms with E-state index in [0.717, 1.165) is 20.8 Å². The number of hydrogen-bond acceptors (Lipinski definition) is 4. The fourth-order valence-corrected chi connectivity index (χ4v) is 2.09. The van der Waals surface area contributed by atoms with Gasteiger partial charge in [-0.1, -0.05) is 6.92 Å². The molecule has 0 aliphatic heterocycles. The molecule has 5 heteroatoms. The smallest absolute Gasteiger partial charge is 0.280 e. The summed E-state index contributed by atoms with van der Waals surface area (Å²) in [6, 6.07) is 1.86. The van der Waals surface area contributed by atoms with E-state index in [1.165, 1.54) is 6.33 Å². The molecule has 0 amide bonds. The van der Waals surface area contributed by atoms with Gasteiger partial charge in [-0.3, -0.25) is 4.79 Å². The van der Waals surface area contributed by atoms with E-state index in [4.69, 9.17) is 5.84 Å². The Morgan fingerprint density at radius 2 is 2.46 bits per heavy atom. The summed E-state index contributed by atoms with van der Waals surface area (Å²) in [7, 11) is 0. The molecule has 0 fully saturated rings. The van der Waals surface area contributed by atoms with Crippen LogP contribution in [0.25, 0.3) is 10.2 Å². The first-order chi connectivity index (χ1) is 6.22. The fourth-order valence-electron chi connectivity index (χ4n) is 1.16. The Balaban J connectivity index is 2.84. The molecule has 0 saturated carbocycles. The minimum Gasteiger partial charge on any atom is -0.335 e. The molecule has 0 aliphatic rings. The Hall–Kier alpha value is -1.36. The van der Waals surface area contributed by atoms with Crippen LogP contribution in [0.4, 0.5) is 0 Å². The number of rotatable bonds is 1. The first kappa shape index (κ1) is 8.25. The Morgan fingerprint density at radius 3 is 3.15 bits per heavy atom. The predicted molar refractivity (Wildman–Crippen MR) is 53.4 cm³/mol. The van der Waals surface area contributed by atoms with E-state index < -0.39 is 0 Å². The molecule has 0 aliphatic carbocycles. The average molecular weight is 195 g/mol. The van der Waals surface area contributed by atoms with Crippen LogP contribution in [-0.4, -0.2) is 9.66 Å². The topological polar surface area (TPSA) is 60.9 Å². The van der Waals surface area contributed by atoms with E-state index in [-0.39, 0.29) is 5.56 Å². The van der Waals surface area contributed by atoms with Crippen LogP contribution in [0.5, 0.6) is 0 Å². The van der Waals surface area contributed by atoms with Crippen molar-refractivity contribution < 1.29 is 0 Å². The number of thiophene rings is 1. The molecular formula is C8H9N3OS. The Labute approximate surface area is 78.6 Å². The number of nitrogens with two attached hydrogens (primary N) is 1. The van der Waals surface area contributed by atoms with Gasteiger partial charge in [0.25, 0.3) is 5.56 Å². The zero-order chi connectivity index (χ0) is 9.42. The molecule has 13 heavy (non-hydrogen) atoms. The highest BCUT2D eigenvalue weighted by Gasteiger charge is 2.05. The lowest BCUT2D eigenvalue weighted by Crippen LogP contribution is -2.26. The van der Waals surface area contributed by atoms with Gasteiger partial charge >= 0.3 is 0 Å². The van der Waals surface area contributed by atoms with Crippen molar-refractivity contribution in [3.05, 3.63) is 27.6 Å². The van der Waals surface area contributed by atoms with Gasteiger partial charge in [-0.15, -0.1) is 11.3 Å². The van der Waals surface area contributed by atoms with E-state index in [9.17, 15) is 4.79 Å². The summed E-state index contributed by atoms with van der Waals surface area (Å²) in [5.74, 6) is 5.38. The number of fused-ring (bicyclic) bond motifs is 1. The molecule has 68 valence electrons. The second-order valence-electron chi connectivity index (χ2n) is 2.74. The molecule has 2 aromatic rings. The second kappa shape index (κ2) is 2.85. The van der Waals surface area contributed by atoms with Crippen molar-refractivity contribution in [3.63, 3.8) is 0 Å². The highest BCUT2D eigenvalue weighted by atomic mass is 32.1. The quantitative estimate of drug-likeness (QED) is 0.682. The van der Waals surface area contributed by atoms with Crippen LogP contribution in [0, 0.1) is 0 Å². The highest BCUT2D eigenvalue weighted by Crippen LogP contribution is 2.20. The van der Waals surface area contributed by atoms with Crippen molar-refractivity contribution in [2.75, 3.05) is 5.84 Å². The lowest BCUT2D eigenvalue weighted by Gasteiger charge is -1.93. The second-order valence-corrected chi connectivity index (χ2v) is 3.86. The standard InChI is InChI=1S/C8H9N3OS/c1-2-5-3-6-7(13-5)10-4-11(9)8(6)12/h3-4H,2,9H2,1H3. The third-order valence-electron chi connectivity index (χ3n) is 1.88. The van der Waals surface area contributed by atoms with Gasteiger partial charge in [0.1, 0.15) is 11.2 Å². The Bertz CT molecular complexity index is 500. The molecule has 0 bridgehead atoms. The van der Waals surface area contributed by atoms with E-state index in [1.807, 2.05) is 13.0 Å². The van der Waals surface area contributed by atoms with Crippen molar-refractivity contribution >= 4 is 21.6 Å². The molecule has 2 rings (SSSR count). The summed E-state index contributed by atoms with van der Waals surface area (Å²) >= 11 is 1.54. The van der Waals surface area contributed by atoms with Crippen LogP contribution >= 0.6 is 11.3 Å². The summed E-state index contributed by atoms with van der Waals surface area (Å²) in [5.41, 5.74) is -0.180. The molecule has 2 N–H and O–H groups in total. The van der Waals surface area contributed by atoms with Crippen molar-refractivity contribution in [1.82, 2.24) is 9.66 Å². The highest BCUT2D eigenvalue weighted by molar-refractivity contribution is 7.18. The molecule has 2 heterocycles. The minimum atomic E-state index is -0.180. The van der Waals surface area contributed by atoms with E-state index in [2.05, 4.69) is 4.98 Å². The average Bonchev–Trinajstić information content (AvgIpc) is 2.55. The number of aromatic nitrogens is 2. The normalized spacial score (nSPS) is 10.8. The summed E-state index contributed by atoms with van der Waals surface area (Å²) in [6.07, 6.45) is 2.27. The predicted octanol–water partition coefficient (Wildman–Crippen LogP) is 0.734. The van der Waals surface area contributed by atoms with Crippen molar-refractivity contribution in [2.24, 2.45) is 0 Å². The Morgan fingerprint density at radius 1 is 1.69 bits per heavy atom. The van der Waals surface area contributed by atoms with Crippen LogP contribution in [0.1, 0.15) is 11.8 Å². The maximum absolute atomic E-state index is 11.5. The van der Waals surface area contributed by atoms with Crippen LogP contribution in [0.15, 0.2) is 17.2 Å². The zero-order valence-electron chi connectivity index (χ0n) is 7.15. The van der Waals surface area contributed by atoms with Gasteiger partial charge in [0, 0.05) is 4.88 Å². The number of nitrogens with zero attached hydrogens (tertiary/aromatic N) is 2. The monoisotopic (exact) mass is 195 g/mol. The summed E-state index contributed by atoms with van der Waals surface area (Å²) in [4.78, 5) is 17.5. The van der Waals surface area contributed by atoms with Gasteiger partial charge in [0.05, 0.1) is 5.39 Å². The fraction of sp³-hybridized carbons (Fsp3) is 0.250. The molecule has 0 radical (unpaired) electrons. The summed E-state index contributed by atoms with van der Waals surface area (Å²) in [5, 5.41) is 0.617. The maximum atomic E-state index is 11.5. The maximum Gasteiger partial charge on any atom is 0.280 e. The summed E-state index contributed by atoms with van der Waals surface area (Å²) < 4.78 is 1.01. The SMILES string of the molecule is CCc1cc2c(=O)n(N)cnc2s1. The van der Waals surface area contributed by atoms with Gasteiger partial charge in [0.2, 0.25) is 0 Å². The van der Waals surface area contributed by atoms with E-state index >= 15 is 0 Å². The molecule has 2 aromatic heterocycles. The van der Waals surface area contributed by atoms with Gasteiger partial charge < -0.3 is 5.84 Å². The van der Waals surface area contributed by atoms with Crippen LogP contribution in [-0.2, 0) is 6.42 Å². The van der Waals surface area contributed by atoms with Crippen molar-refractivity contribution in [2.45, 2.75) is 13.3 Å². The van der Waals surface area contributed by atoms with Crippen molar-refractivity contribution in [3.8, 4) is 0 Å². The summed E-state index contributed by atoms with van der Waals surface area (Å²) in [6.45, 7) is 2.05. The first-order valence-electron chi connectivity index (χ1n) is 3.97. The van der Waals surface area contributed by atoms with Gasteiger partial charge in [0.15, 0.2) is 0 Å². The number of hydrogen-bond donors (Lipinski definition) is 1. The molecular weight excluding hydrogens is 186 g/mol. The lowest BCUT2D eigenvalue weighted by atomic mass is 10.3. The molecule has 0 atom stereocenters. The van der Waals surface area contributed by atoms with Crippen molar-refractivity contribution in [1.29, 1.82) is 0 Å². The van der Waals surface area contributed by atoms with Gasteiger partial charge in [-0.25, -0.2) is 9.66 Å². The molecule has 0 saturated heterocycles. The molecule has 0 spiro atoms. The van der Waals surface area contributed by atoms with Gasteiger partial charge in [-0.05, 0) is 12.5 Å². The first-order valence-corrected chi connectivity index (χ1v) is 4.79. The molecule has 0 unspecified atom stereocenters.